The number of para-hydroxylation sites is 1. The molecule has 1 fully saturated rings. The highest BCUT2D eigenvalue weighted by molar-refractivity contribution is 7.80. The van der Waals surface area contributed by atoms with Gasteiger partial charge in [0.05, 0.1) is 0 Å². The highest BCUT2D eigenvalue weighted by atomic mass is 32.1. The monoisotopic (exact) mass is 440 g/mol. The molecule has 4 atom stereocenters. The third-order valence-corrected chi connectivity index (χ3v) is 6.99. The highest BCUT2D eigenvalue weighted by Gasteiger charge is 2.37. The molecule has 2 bridgehead atoms. The Bertz CT molecular complexity index is 1110. The van der Waals surface area contributed by atoms with Crippen molar-refractivity contribution in [2.45, 2.75) is 30.9 Å². The maximum Gasteiger partial charge on any atom is 0.171 e. The minimum absolute atomic E-state index is 0.384. The molecule has 0 spiro atoms. The van der Waals surface area contributed by atoms with Crippen LogP contribution in [-0.2, 0) is 12.0 Å². The maximum atomic E-state index is 12.2. The van der Waals surface area contributed by atoms with Crippen molar-refractivity contribution >= 4 is 23.0 Å². The van der Waals surface area contributed by atoms with Crippen LogP contribution in [0.5, 0.6) is 0 Å². The van der Waals surface area contributed by atoms with Crippen LogP contribution in [0.1, 0.15) is 29.5 Å². The fourth-order valence-corrected chi connectivity index (χ4v) is 5.45. The molecule has 3 nitrogen and oxygen atoms in total. The van der Waals surface area contributed by atoms with Gasteiger partial charge in [-0.2, -0.15) is 0 Å². The molecule has 0 amide bonds. The van der Waals surface area contributed by atoms with Crippen molar-refractivity contribution in [3.05, 3.63) is 114 Å². The molecule has 4 heteroatoms. The van der Waals surface area contributed by atoms with Crippen molar-refractivity contribution in [1.82, 2.24) is 5.32 Å². The van der Waals surface area contributed by atoms with Crippen LogP contribution in [0.25, 0.3) is 0 Å². The van der Waals surface area contributed by atoms with Crippen LogP contribution >= 0.6 is 12.2 Å². The van der Waals surface area contributed by atoms with Crippen molar-refractivity contribution in [1.29, 1.82) is 0 Å². The zero-order valence-electron chi connectivity index (χ0n) is 17.9. The van der Waals surface area contributed by atoms with Gasteiger partial charge >= 0.3 is 0 Å². The first-order chi connectivity index (χ1) is 15.6. The zero-order chi connectivity index (χ0) is 22.0. The van der Waals surface area contributed by atoms with E-state index < -0.39 is 5.60 Å². The highest BCUT2D eigenvalue weighted by Crippen LogP contribution is 2.40. The summed E-state index contributed by atoms with van der Waals surface area (Å²) in [4.78, 5) is 0. The normalized spacial score (nSPS) is 23.0. The first-order valence-electron chi connectivity index (χ1n) is 11.3. The van der Waals surface area contributed by atoms with E-state index in [9.17, 15) is 5.11 Å². The molecule has 3 N–H and O–H groups in total. The molecule has 0 radical (unpaired) electrons. The van der Waals surface area contributed by atoms with E-state index in [1.165, 1.54) is 6.42 Å². The number of thiocarbonyl (C=S) groups is 1. The van der Waals surface area contributed by atoms with Gasteiger partial charge in [-0.1, -0.05) is 91.0 Å². The van der Waals surface area contributed by atoms with Gasteiger partial charge in [0.2, 0.25) is 0 Å². The van der Waals surface area contributed by atoms with E-state index in [1.54, 1.807) is 0 Å². The van der Waals surface area contributed by atoms with E-state index in [0.29, 0.717) is 29.4 Å². The average molecular weight is 441 g/mol. The van der Waals surface area contributed by atoms with Crippen LogP contribution in [0.3, 0.4) is 0 Å². The number of anilines is 1. The van der Waals surface area contributed by atoms with Crippen molar-refractivity contribution in [3.63, 3.8) is 0 Å². The predicted octanol–water partition coefficient (Wildman–Crippen LogP) is 5.42. The van der Waals surface area contributed by atoms with Gasteiger partial charge in [-0.05, 0) is 54.1 Å². The van der Waals surface area contributed by atoms with Crippen molar-refractivity contribution in [2.75, 3.05) is 5.32 Å². The van der Waals surface area contributed by atoms with E-state index in [1.807, 2.05) is 72.8 Å². The number of rotatable bonds is 6. The third kappa shape index (κ3) is 4.21. The first-order valence-corrected chi connectivity index (χ1v) is 11.7. The number of hydrogen-bond donors (Lipinski definition) is 3. The summed E-state index contributed by atoms with van der Waals surface area (Å²) in [5.41, 5.74) is 2.37. The zero-order valence-corrected chi connectivity index (χ0v) is 18.8. The minimum Gasteiger partial charge on any atom is -0.380 e. The predicted molar refractivity (Wildman–Crippen MR) is 135 cm³/mol. The molecule has 0 heterocycles. The molecule has 162 valence electrons. The lowest BCUT2D eigenvalue weighted by Crippen LogP contribution is -2.40. The summed E-state index contributed by atoms with van der Waals surface area (Å²) >= 11 is 5.69. The molecule has 5 rings (SSSR count). The number of nitrogens with one attached hydrogen (secondary N) is 2. The number of benzene rings is 3. The Labute approximate surface area is 195 Å². The molecule has 32 heavy (non-hydrogen) atoms. The average Bonchev–Trinajstić information content (AvgIpc) is 3.44. The first kappa shape index (κ1) is 20.9. The van der Waals surface area contributed by atoms with E-state index in [4.69, 9.17) is 12.2 Å². The molecule has 0 aliphatic heterocycles. The van der Waals surface area contributed by atoms with E-state index in [2.05, 4.69) is 34.9 Å². The Hall–Kier alpha value is -2.95. The van der Waals surface area contributed by atoms with Crippen LogP contribution < -0.4 is 10.6 Å². The lowest BCUT2D eigenvalue weighted by molar-refractivity contribution is 0.0819. The fourth-order valence-electron chi connectivity index (χ4n) is 5.18. The van der Waals surface area contributed by atoms with Gasteiger partial charge in [-0.3, -0.25) is 0 Å². The smallest absolute Gasteiger partial charge is 0.171 e. The summed E-state index contributed by atoms with van der Waals surface area (Å²) in [6.07, 6.45) is 7.47. The van der Waals surface area contributed by atoms with Crippen LogP contribution in [0, 0.1) is 11.8 Å². The van der Waals surface area contributed by atoms with Crippen LogP contribution in [0.15, 0.2) is 97.1 Å². The van der Waals surface area contributed by atoms with Crippen LogP contribution in [-0.4, -0.2) is 16.3 Å². The second-order valence-electron chi connectivity index (χ2n) is 8.92. The Balaban J connectivity index is 1.44. The molecule has 0 unspecified atom stereocenters. The Morgan fingerprint density at radius 2 is 1.56 bits per heavy atom. The number of hydrogen-bond acceptors (Lipinski definition) is 2. The topological polar surface area (TPSA) is 44.3 Å². The molecule has 3 aromatic rings. The summed E-state index contributed by atoms with van der Waals surface area (Å²) < 4.78 is 0. The molecule has 2 aliphatic rings. The lowest BCUT2D eigenvalue weighted by atomic mass is 9.80. The summed E-state index contributed by atoms with van der Waals surface area (Å²) in [5, 5.41) is 19.7. The fraction of sp³-hybridized carbons (Fsp3) is 0.250. The second-order valence-corrected chi connectivity index (χ2v) is 9.33. The van der Waals surface area contributed by atoms with E-state index in [0.717, 1.165) is 28.8 Å². The lowest BCUT2D eigenvalue weighted by Gasteiger charge is -2.32. The Morgan fingerprint density at radius 3 is 2.25 bits per heavy atom. The van der Waals surface area contributed by atoms with Gasteiger partial charge in [-0.25, -0.2) is 0 Å². The largest absolute Gasteiger partial charge is 0.380 e. The van der Waals surface area contributed by atoms with Gasteiger partial charge in [0.25, 0.3) is 0 Å². The van der Waals surface area contributed by atoms with E-state index >= 15 is 0 Å². The number of aliphatic hydroxyl groups is 1. The van der Waals surface area contributed by atoms with Gasteiger partial charge in [0.1, 0.15) is 5.60 Å². The standard InChI is InChI=1S/C28H28N2OS/c31-28(23-11-5-2-6-12-23,19-20-9-3-1-4-10-20)24-13-7-8-14-25(24)29-27(32)30-26-18-21-15-16-22(26)17-21/h1-16,21-22,26,31H,17-19H2,(H2,29,30,32)/t21-,22-,26+,28+/m1/s1. The molecule has 3 aromatic carbocycles. The molecule has 0 aromatic heterocycles. The SMILES string of the molecule is O[C@@](Cc1ccccc1)(c1ccccc1)c1ccccc1NC(=S)N[C@H]1C[C@@H]2C=C[C@@H]1C2. The quantitative estimate of drug-likeness (QED) is 0.354. The second kappa shape index (κ2) is 8.89. The van der Waals surface area contributed by atoms with E-state index in [-0.39, 0.29) is 0 Å². The van der Waals surface area contributed by atoms with Crippen LogP contribution in [0.2, 0.25) is 0 Å². The van der Waals surface area contributed by atoms with Gasteiger partial charge in [0, 0.05) is 23.7 Å². The number of fused-ring (bicyclic) bond motifs is 2. The van der Waals surface area contributed by atoms with Crippen molar-refractivity contribution in [3.8, 4) is 0 Å². The van der Waals surface area contributed by atoms with Crippen molar-refractivity contribution < 1.29 is 5.11 Å². The molecule has 1 saturated carbocycles. The summed E-state index contributed by atoms with van der Waals surface area (Å²) in [7, 11) is 0. The maximum absolute atomic E-state index is 12.2. The third-order valence-electron chi connectivity index (χ3n) is 6.77. The molecular formula is C28H28N2OS. The molecule has 2 aliphatic carbocycles. The summed E-state index contributed by atoms with van der Waals surface area (Å²) in [6.45, 7) is 0. The summed E-state index contributed by atoms with van der Waals surface area (Å²) in [5.74, 6) is 1.25. The van der Waals surface area contributed by atoms with Gasteiger partial charge in [-0.15, -0.1) is 0 Å². The van der Waals surface area contributed by atoms with Crippen LogP contribution in [0.4, 0.5) is 5.69 Å². The van der Waals surface area contributed by atoms with Gasteiger partial charge < -0.3 is 15.7 Å². The van der Waals surface area contributed by atoms with Gasteiger partial charge in [0.15, 0.2) is 5.11 Å². The summed E-state index contributed by atoms with van der Waals surface area (Å²) in [6, 6.07) is 28.3. The molecular weight excluding hydrogens is 412 g/mol. The molecule has 0 saturated heterocycles. The minimum atomic E-state index is -1.20. The van der Waals surface area contributed by atoms with Crippen molar-refractivity contribution in [2.24, 2.45) is 11.8 Å². The Kier molecular flexibility index (Phi) is 5.81. The Morgan fingerprint density at radius 1 is 0.875 bits per heavy atom. The number of allylic oxidation sites excluding steroid dienone is 1.